The number of hydrogen-bond donors (Lipinski definition) is 1. The second-order valence-electron chi connectivity index (χ2n) is 4.83. The zero-order valence-electron chi connectivity index (χ0n) is 11.7. The van der Waals surface area contributed by atoms with Crippen LogP contribution in [-0.2, 0) is 4.74 Å². The Kier molecular flexibility index (Phi) is 5.86. The molecule has 0 aromatic heterocycles. The van der Waals surface area contributed by atoms with Gasteiger partial charge in [-0.3, -0.25) is 0 Å². The SMILES string of the molecule is COCCOc1ccc(NC2CCCSC2C)cc1. The molecule has 1 aliphatic rings. The van der Waals surface area contributed by atoms with Gasteiger partial charge in [0.1, 0.15) is 12.4 Å². The van der Waals surface area contributed by atoms with Gasteiger partial charge in [0.15, 0.2) is 0 Å². The highest BCUT2D eigenvalue weighted by atomic mass is 32.2. The Morgan fingerprint density at radius 2 is 2.05 bits per heavy atom. The molecule has 1 heterocycles. The fourth-order valence-electron chi connectivity index (χ4n) is 2.22. The number of benzene rings is 1. The quantitative estimate of drug-likeness (QED) is 0.810. The first-order valence-electron chi connectivity index (χ1n) is 6.89. The van der Waals surface area contributed by atoms with Crippen molar-refractivity contribution < 1.29 is 9.47 Å². The van der Waals surface area contributed by atoms with Gasteiger partial charge in [-0.2, -0.15) is 11.8 Å². The summed E-state index contributed by atoms with van der Waals surface area (Å²) >= 11 is 2.06. The second kappa shape index (κ2) is 7.65. The van der Waals surface area contributed by atoms with Gasteiger partial charge in [-0.1, -0.05) is 6.92 Å². The van der Waals surface area contributed by atoms with Crippen molar-refractivity contribution in [3.05, 3.63) is 24.3 Å². The molecule has 0 aliphatic carbocycles. The zero-order valence-corrected chi connectivity index (χ0v) is 12.5. The summed E-state index contributed by atoms with van der Waals surface area (Å²) in [6, 6.07) is 8.79. The molecule has 0 amide bonds. The summed E-state index contributed by atoms with van der Waals surface area (Å²) in [7, 11) is 1.68. The lowest BCUT2D eigenvalue weighted by atomic mass is 10.1. The highest BCUT2D eigenvalue weighted by Crippen LogP contribution is 2.28. The van der Waals surface area contributed by atoms with Crippen molar-refractivity contribution in [1.29, 1.82) is 0 Å². The predicted molar refractivity (Wildman–Crippen MR) is 82.4 cm³/mol. The van der Waals surface area contributed by atoms with Crippen LogP contribution in [0.15, 0.2) is 24.3 Å². The molecule has 4 heteroatoms. The first-order chi connectivity index (χ1) is 9.29. The zero-order chi connectivity index (χ0) is 13.5. The van der Waals surface area contributed by atoms with E-state index >= 15 is 0 Å². The Balaban J connectivity index is 1.84. The number of hydrogen-bond acceptors (Lipinski definition) is 4. The maximum absolute atomic E-state index is 5.56. The topological polar surface area (TPSA) is 30.5 Å². The molecule has 19 heavy (non-hydrogen) atoms. The van der Waals surface area contributed by atoms with Crippen LogP contribution >= 0.6 is 11.8 Å². The molecule has 1 N–H and O–H groups in total. The lowest BCUT2D eigenvalue weighted by Gasteiger charge is -2.30. The minimum Gasteiger partial charge on any atom is -0.491 e. The molecule has 0 radical (unpaired) electrons. The van der Waals surface area contributed by atoms with Crippen molar-refractivity contribution in [1.82, 2.24) is 0 Å². The normalized spacial score (nSPS) is 23.1. The summed E-state index contributed by atoms with van der Waals surface area (Å²) in [5.74, 6) is 2.19. The van der Waals surface area contributed by atoms with Crippen molar-refractivity contribution >= 4 is 17.4 Å². The van der Waals surface area contributed by atoms with Gasteiger partial charge >= 0.3 is 0 Å². The molecule has 2 unspecified atom stereocenters. The number of thioether (sulfide) groups is 1. The number of ether oxygens (including phenoxy) is 2. The van der Waals surface area contributed by atoms with E-state index in [0.717, 1.165) is 5.75 Å². The molecule has 0 saturated carbocycles. The number of nitrogens with one attached hydrogen (secondary N) is 1. The van der Waals surface area contributed by atoms with Gasteiger partial charge < -0.3 is 14.8 Å². The number of rotatable bonds is 6. The van der Waals surface area contributed by atoms with E-state index in [0.29, 0.717) is 24.5 Å². The van der Waals surface area contributed by atoms with Gasteiger partial charge in [0.05, 0.1) is 6.61 Å². The van der Waals surface area contributed by atoms with Crippen LogP contribution in [-0.4, -0.2) is 37.4 Å². The molecule has 0 bridgehead atoms. The van der Waals surface area contributed by atoms with Crippen LogP contribution in [0.3, 0.4) is 0 Å². The third-order valence-electron chi connectivity index (χ3n) is 3.37. The van der Waals surface area contributed by atoms with E-state index in [1.54, 1.807) is 7.11 Å². The minimum absolute atomic E-state index is 0.582. The van der Waals surface area contributed by atoms with E-state index in [-0.39, 0.29) is 0 Å². The summed E-state index contributed by atoms with van der Waals surface area (Å²) < 4.78 is 10.5. The van der Waals surface area contributed by atoms with E-state index in [2.05, 4.69) is 36.1 Å². The second-order valence-corrected chi connectivity index (χ2v) is 6.32. The van der Waals surface area contributed by atoms with Crippen LogP contribution in [0.4, 0.5) is 5.69 Å². The van der Waals surface area contributed by atoms with Crippen LogP contribution in [0.2, 0.25) is 0 Å². The summed E-state index contributed by atoms with van der Waals surface area (Å²) in [5.41, 5.74) is 1.18. The summed E-state index contributed by atoms with van der Waals surface area (Å²) in [5, 5.41) is 4.31. The van der Waals surface area contributed by atoms with Gasteiger partial charge in [0.2, 0.25) is 0 Å². The van der Waals surface area contributed by atoms with Gasteiger partial charge in [-0.05, 0) is 42.9 Å². The Morgan fingerprint density at radius 1 is 1.26 bits per heavy atom. The van der Waals surface area contributed by atoms with E-state index in [9.17, 15) is 0 Å². The minimum atomic E-state index is 0.582. The van der Waals surface area contributed by atoms with Crippen LogP contribution in [0.1, 0.15) is 19.8 Å². The van der Waals surface area contributed by atoms with Crippen LogP contribution in [0, 0.1) is 0 Å². The molecule has 1 saturated heterocycles. The maximum atomic E-state index is 5.56. The lowest BCUT2D eigenvalue weighted by molar-refractivity contribution is 0.146. The Bertz CT molecular complexity index is 369. The molecule has 3 nitrogen and oxygen atoms in total. The fourth-order valence-corrected chi connectivity index (χ4v) is 3.36. The first kappa shape index (κ1) is 14.5. The molecular formula is C15H23NO2S. The number of methoxy groups -OCH3 is 1. The Morgan fingerprint density at radius 3 is 2.74 bits per heavy atom. The standard InChI is InChI=1S/C15H23NO2S/c1-12-15(4-3-11-19-12)16-13-5-7-14(8-6-13)18-10-9-17-2/h5-8,12,15-16H,3-4,9-11H2,1-2H3. The van der Waals surface area contributed by atoms with Gasteiger partial charge in [-0.15, -0.1) is 0 Å². The summed E-state index contributed by atoms with van der Waals surface area (Å²) in [6.07, 6.45) is 2.57. The van der Waals surface area contributed by atoms with Crippen molar-refractivity contribution in [2.45, 2.75) is 31.1 Å². The van der Waals surface area contributed by atoms with Crippen LogP contribution in [0.5, 0.6) is 5.75 Å². The van der Waals surface area contributed by atoms with E-state index in [4.69, 9.17) is 9.47 Å². The Hall–Kier alpha value is -0.870. The van der Waals surface area contributed by atoms with Crippen LogP contribution in [0.25, 0.3) is 0 Å². The average molecular weight is 281 g/mol. The summed E-state index contributed by atoms with van der Waals surface area (Å²) in [6.45, 7) is 3.53. The van der Waals surface area contributed by atoms with Gasteiger partial charge in [-0.25, -0.2) is 0 Å². The lowest BCUT2D eigenvalue weighted by Crippen LogP contribution is -2.32. The maximum Gasteiger partial charge on any atom is 0.119 e. The predicted octanol–water partition coefficient (Wildman–Crippen LogP) is 3.41. The summed E-state index contributed by atoms with van der Waals surface area (Å²) in [4.78, 5) is 0. The molecule has 0 spiro atoms. The van der Waals surface area contributed by atoms with E-state index in [1.165, 1.54) is 24.3 Å². The Labute approximate surface area is 120 Å². The first-order valence-corrected chi connectivity index (χ1v) is 7.94. The van der Waals surface area contributed by atoms with Gasteiger partial charge in [0.25, 0.3) is 0 Å². The van der Waals surface area contributed by atoms with Crippen LogP contribution < -0.4 is 10.1 Å². The van der Waals surface area contributed by atoms with Crippen molar-refractivity contribution in [2.24, 2.45) is 0 Å². The van der Waals surface area contributed by atoms with Crippen molar-refractivity contribution in [3.63, 3.8) is 0 Å². The fraction of sp³-hybridized carbons (Fsp3) is 0.600. The molecule has 2 atom stereocenters. The highest BCUT2D eigenvalue weighted by Gasteiger charge is 2.21. The third-order valence-corrected chi connectivity index (χ3v) is 4.75. The number of anilines is 1. The largest absolute Gasteiger partial charge is 0.491 e. The smallest absolute Gasteiger partial charge is 0.119 e. The van der Waals surface area contributed by atoms with E-state index in [1.807, 2.05) is 12.1 Å². The molecule has 1 aromatic rings. The van der Waals surface area contributed by atoms with E-state index < -0.39 is 0 Å². The monoisotopic (exact) mass is 281 g/mol. The highest BCUT2D eigenvalue weighted by molar-refractivity contribution is 8.00. The molecule has 1 fully saturated rings. The third kappa shape index (κ3) is 4.62. The molecular weight excluding hydrogens is 258 g/mol. The van der Waals surface area contributed by atoms with Crippen molar-refractivity contribution in [3.8, 4) is 5.75 Å². The van der Waals surface area contributed by atoms with Crippen molar-refractivity contribution in [2.75, 3.05) is 31.4 Å². The molecule has 106 valence electrons. The molecule has 2 rings (SSSR count). The molecule has 1 aromatic carbocycles. The van der Waals surface area contributed by atoms with Gasteiger partial charge in [0, 0.05) is 24.1 Å². The average Bonchev–Trinajstić information content (AvgIpc) is 2.44. The molecule has 1 aliphatic heterocycles.